The van der Waals surface area contributed by atoms with Crippen molar-refractivity contribution >= 4 is 17.4 Å². The molecule has 1 amide bonds. The molecule has 4 nitrogen and oxygen atoms in total. The maximum Gasteiger partial charge on any atom is 0.224 e. The molecule has 1 aromatic rings. The second-order valence-electron chi connectivity index (χ2n) is 4.63. The monoisotopic (exact) mass is 246 g/mol. The minimum atomic E-state index is -0.110. The van der Waals surface area contributed by atoms with E-state index in [1.807, 2.05) is 19.1 Å². The summed E-state index contributed by atoms with van der Waals surface area (Å²) in [6.07, 6.45) is 1.93. The summed E-state index contributed by atoms with van der Waals surface area (Å²) in [4.78, 5) is 23.4. The Morgan fingerprint density at radius 2 is 2.22 bits per heavy atom. The molecule has 1 heterocycles. The van der Waals surface area contributed by atoms with Crippen LogP contribution in [0.3, 0.4) is 0 Å². The van der Waals surface area contributed by atoms with Crippen LogP contribution < -0.4 is 11.1 Å². The van der Waals surface area contributed by atoms with Gasteiger partial charge in [0.15, 0.2) is 5.78 Å². The number of ketones is 1. The Balaban J connectivity index is 2.26. The second kappa shape index (κ2) is 5.31. The fraction of sp³-hybridized carbons (Fsp3) is 0.429. The van der Waals surface area contributed by atoms with Gasteiger partial charge in [0, 0.05) is 30.1 Å². The highest BCUT2D eigenvalue weighted by molar-refractivity contribution is 6.00. The van der Waals surface area contributed by atoms with Crippen molar-refractivity contribution in [2.45, 2.75) is 26.2 Å². The van der Waals surface area contributed by atoms with E-state index < -0.39 is 0 Å². The largest absolute Gasteiger partial charge is 0.330 e. The molecule has 96 valence electrons. The van der Waals surface area contributed by atoms with Gasteiger partial charge in [0.05, 0.1) is 0 Å². The molecule has 3 N–H and O–H groups in total. The van der Waals surface area contributed by atoms with Crippen LogP contribution in [0.5, 0.6) is 0 Å². The summed E-state index contributed by atoms with van der Waals surface area (Å²) >= 11 is 0. The minimum absolute atomic E-state index is 0.0370. The smallest absolute Gasteiger partial charge is 0.224 e. The van der Waals surface area contributed by atoms with Crippen molar-refractivity contribution in [1.29, 1.82) is 0 Å². The van der Waals surface area contributed by atoms with Gasteiger partial charge < -0.3 is 11.1 Å². The van der Waals surface area contributed by atoms with Gasteiger partial charge in [0.1, 0.15) is 0 Å². The third-order valence-electron chi connectivity index (χ3n) is 3.43. The summed E-state index contributed by atoms with van der Waals surface area (Å²) in [6, 6.07) is 5.46. The Kier molecular flexibility index (Phi) is 3.77. The van der Waals surface area contributed by atoms with Gasteiger partial charge in [-0.05, 0) is 36.6 Å². The molecule has 0 radical (unpaired) electrons. The first kappa shape index (κ1) is 12.8. The van der Waals surface area contributed by atoms with E-state index in [2.05, 4.69) is 5.32 Å². The maximum atomic E-state index is 12.2. The summed E-state index contributed by atoms with van der Waals surface area (Å²) in [5, 5.41) is 2.81. The van der Waals surface area contributed by atoms with Crippen molar-refractivity contribution in [2.24, 2.45) is 11.7 Å². The Morgan fingerprint density at radius 3 is 2.89 bits per heavy atom. The molecule has 0 saturated heterocycles. The van der Waals surface area contributed by atoms with Gasteiger partial charge >= 0.3 is 0 Å². The van der Waals surface area contributed by atoms with Gasteiger partial charge in [-0.2, -0.15) is 0 Å². The Labute approximate surface area is 107 Å². The molecular formula is C14H18N2O2. The molecule has 1 aliphatic rings. The van der Waals surface area contributed by atoms with Crippen molar-refractivity contribution in [3.05, 3.63) is 29.3 Å². The average Bonchev–Trinajstić information content (AvgIpc) is 2.39. The molecule has 0 fully saturated rings. The number of fused-ring (bicyclic) bond motifs is 1. The van der Waals surface area contributed by atoms with E-state index in [4.69, 9.17) is 5.73 Å². The van der Waals surface area contributed by atoms with Gasteiger partial charge in [-0.1, -0.05) is 6.92 Å². The van der Waals surface area contributed by atoms with Gasteiger partial charge in [0.25, 0.3) is 0 Å². The van der Waals surface area contributed by atoms with Crippen LogP contribution in [-0.2, 0) is 11.2 Å². The molecular weight excluding hydrogens is 228 g/mol. The number of carbonyl (C=O) groups excluding carboxylic acids is 2. The first-order valence-corrected chi connectivity index (χ1v) is 6.32. The first-order chi connectivity index (χ1) is 8.65. The summed E-state index contributed by atoms with van der Waals surface area (Å²) in [6.45, 7) is 2.34. The van der Waals surface area contributed by atoms with Crippen molar-refractivity contribution in [3.8, 4) is 0 Å². The number of aryl methyl sites for hydroxylation is 1. The van der Waals surface area contributed by atoms with E-state index in [1.54, 1.807) is 6.07 Å². The third-order valence-corrected chi connectivity index (χ3v) is 3.43. The molecule has 1 atom stereocenters. The fourth-order valence-corrected chi connectivity index (χ4v) is 2.23. The van der Waals surface area contributed by atoms with Gasteiger partial charge in [-0.15, -0.1) is 0 Å². The van der Waals surface area contributed by atoms with Crippen LogP contribution in [0, 0.1) is 5.92 Å². The number of rotatable bonds is 4. The number of nitrogens with one attached hydrogen (secondary N) is 1. The van der Waals surface area contributed by atoms with E-state index in [0.29, 0.717) is 24.9 Å². The zero-order chi connectivity index (χ0) is 13.1. The van der Waals surface area contributed by atoms with E-state index >= 15 is 0 Å². The highest BCUT2D eigenvalue weighted by Crippen LogP contribution is 2.25. The van der Waals surface area contributed by atoms with Gasteiger partial charge in [-0.25, -0.2) is 0 Å². The SMILES string of the molecule is CCC(CN)C(=O)c1ccc2c(c1)CCC(=O)N2. The Hall–Kier alpha value is -1.68. The summed E-state index contributed by atoms with van der Waals surface area (Å²) in [5.41, 5.74) is 8.15. The lowest BCUT2D eigenvalue weighted by Gasteiger charge is -2.18. The molecule has 0 saturated carbocycles. The zero-order valence-corrected chi connectivity index (χ0v) is 10.5. The van der Waals surface area contributed by atoms with Gasteiger partial charge in [-0.3, -0.25) is 9.59 Å². The zero-order valence-electron chi connectivity index (χ0n) is 10.5. The number of anilines is 1. The van der Waals surface area contributed by atoms with Gasteiger partial charge in [0.2, 0.25) is 5.91 Å². The van der Waals surface area contributed by atoms with E-state index in [1.165, 1.54) is 0 Å². The van der Waals surface area contributed by atoms with Crippen LogP contribution in [-0.4, -0.2) is 18.2 Å². The minimum Gasteiger partial charge on any atom is -0.330 e. The van der Waals surface area contributed by atoms with Crippen LogP contribution in [0.4, 0.5) is 5.69 Å². The van der Waals surface area contributed by atoms with Crippen molar-refractivity contribution in [1.82, 2.24) is 0 Å². The number of hydrogen-bond acceptors (Lipinski definition) is 3. The lowest BCUT2D eigenvalue weighted by atomic mass is 9.92. The molecule has 0 aromatic heterocycles. The van der Waals surface area contributed by atoms with Crippen LogP contribution >= 0.6 is 0 Å². The summed E-state index contributed by atoms with van der Waals surface area (Å²) in [5.74, 6) is 0.0240. The number of amides is 1. The number of carbonyl (C=O) groups is 2. The maximum absolute atomic E-state index is 12.2. The Morgan fingerprint density at radius 1 is 1.44 bits per heavy atom. The number of hydrogen-bond donors (Lipinski definition) is 2. The van der Waals surface area contributed by atoms with Crippen molar-refractivity contribution < 1.29 is 9.59 Å². The quantitative estimate of drug-likeness (QED) is 0.795. The molecule has 0 spiro atoms. The van der Waals surface area contributed by atoms with Crippen LogP contribution in [0.2, 0.25) is 0 Å². The third kappa shape index (κ3) is 2.43. The van der Waals surface area contributed by atoms with E-state index in [0.717, 1.165) is 17.7 Å². The average molecular weight is 246 g/mol. The highest BCUT2D eigenvalue weighted by atomic mass is 16.1. The highest BCUT2D eigenvalue weighted by Gasteiger charge is 2.20. The lowest BCUT2D eigenvalue weighted by Crippen LogP contribution is -2.24. The van der Waals surface area contributed by atoms with Crippen molar-refractivity contribution in [3.63, 3.8) is 0 Å². The van der Waals surface area contributed by atoms with E-state index in [-0.39, 0.29) is 17.6 Å². The predicted octanol–water partition coefficient (Wildman–Crippen LogP) is 1.74. The number of nitrogens with two attached hydrogens (primary N) is 1. The summed E-state index contributed by atoms with van der Waals surface area (Å²) < 4.78 is 0. The van der Waals surface area contributed by atoms with Crippen LogP contribution in [0.1, 0.15) is 35.7 Å². The van der Waals surface area contributed by atoms with Crippen LogP contribution in [0.15, 0.2) is 18.2 Å². The number of benzene rings is 1. The Bertz CT molecular complexity index is 479. The fourth-order valence-electron chi connectivity index (χ4n) is 2.23. The van der Waals surface area contributed by atoms with Crippen molar-refractivity contribution in [2.75, 3.05) is 11.9 Å². The summed E-state index contributed by atoms with van der Waals surface area (Å²) in [7, 11) is 0. The molecule has 1 aliphatic heterocycles. The lowest BCUT2D eigenvalue weighted by molar-refractivity contribution is -0.116. The molecule has 0 aliphatic carbocycles. The molecule has 18 heavy (non-hydrogen) atoms. The first-order valence-electron chi connectivity index (χ1n) is 6.32. The van der Waals surface area contributed by atoms with Crippen LogP contribution in [0.25, 0.3) is 0 Å². The number of Topliss-reactive ketones (excluding diaryl/α,β-unsaturated/α-hetero) is 1. The molecule has 0 bridgehead atoms. The molecule has 2 rings (SSSR count). The second-order valence-corrected chi connectivity index (χ2v) is 4.63. The predicted molar refractivity (Wildman–Crippen MR) is 70.6 cm³/mol. The topological polar surface area (TPSA) is 72.2 Å². The standard InChI is InChI=1S/C14H18N2O2/c1-2-9(8-15)14(18)11-3-5-12-10(7-11)4-6-13(17)16-12/h3,5,7,9H,2,4,6,8,15H2,1H3,(H,16,17). The molecule has 4 heteroatoms. The normalized spacial score (nSPS) is 15.8. The van der Waals surface area contributed by atoms with E-state index in [9.17, 15) is 9.59 Å². The molecule has 1 aromatic carbocycles. The molecule has 1 unspecified atom stereocenters.